The van der Waals surface area contributed by atoms with Crippen LogP contribution in [0.25, 0.3) is 11.4 Å². The molecule has 1 amide bonds. The van der Waals surface area contributed by atoms with Gasteiger partial charge in [0.05, 0.1) is 7.11 Å². The molecule has 8 heteroatoms. The summed E-state index contributed by atoms with van der Waals surface area (Å²) in [7, 11) is 3.48. The zero-order valence-corrected chi connectivity index (χ0v) is 20.1. The molecule has 1 fully saturated rings. The Morgan fingerprint density at radius 3 is 2.45 bits per heavy atom. The normalized spacial score (nSPS) is 13.7. The Labute approximate surface area is 200 Å². The molecular weight excluding hydrogens is 434 g/mol. The van der Waals surface area contributed by atoms with Gasteiger partial charge >= 0.3 is 0 Å². The van der Waals surface area contributed by atoms with Gasteiger partial charge in [-0.05, 0) is 73.4 Å². The molecule has 0 spiro atoms. The van der Waals surface area contributed by atoms with Gasteiger partial charge in [-0.1, -0.05) is 12.1 Å². The summed E-state index contributed by atoms with van der Waals surface area (Å²) < 4.78 is 7.60. The van der Waals surface area contributed by atoms with Crippen LogP contribution in [-0.4, -0.2) is 52.8 Å². The molecule has 4 rings (SSSR count). The number of carbonyl (C=O) groups is 1. The SMILES string of the molecule is COc1ccc(-c2n[nH]c(=S)n2CCC(=O)N(C)Cc2ccc(N3CCCCC3)cc2)cc1. The summed E-state index contributed by atoms with van der Waals surface area (Å²) in [6.07, 6.45) is 4.20. The van der Waals surface area contributed by atoms with Crippen LogP contribution >= 0.6 is 12.2 Å². The number of hydrogen-bond acceptors (Lipinski definition) is 5. The number of anilines is 1. The van der Waals surface area contributed by atoms with E-state index in [0.29, 0.717) is 30.1 Å². The Morgan fingerprint density at radius 1 is 1.09 bits per heavy atom. The molecule has 7 nitrogen and oxygen atoms in total. The molecule has 1 N–H and O–H groups in total. The molecule has 1 aromatic heterocycles. The van der Waals surface area contributed by atoms with E-state index in [4.69, 9.17) is 17.0 Å². The first-order valence-corrected chi connectivity index (χ1v) is 11.8. The maximum atomic E-state index is 12.8. The van der Waals surface area contributed by atoms with Gasteiger partial charge in [0.1, 0.15) is 5.75 Å². The highest BCUT2D eigenvalue weighted by Gasteiger charge is 2.15. The van der Waals surface area contributed by atoms with Gasteiger partial charge in [-0.2, -0.15) is 5.10 Å². The molecule has 33 heavy (non-hydrogen) atoms. The van der Waals surface area contributed by atoms with Crippen molar-refractivity contribution in [1.82, 2.24) is 19.7 Å². The smallest absolute Gasteiger partial charge is 0.224 e. The van der Waals surface area contributed by atoms with Crippen LogP contribution in [0.5, 0.6) is 5.75 Å². The molecule has 0 saturated carbocycles. The average molecular weight is 466 g/mol. The lowest BCUT2D eigenvalue weighted by atomic mass is 10.1. The molecule has 0 bridgehead atoms. The number of hydrogen-bond donors (Lipinski definition) is 1. The van der Waals surface area contributed by atoms with E-state index in [9.17, 15) is 4.79 Å². The summed E-state index contributed by atoms with van der Waals surface area (Å²) >= 11 is 5.40. The van der Waals surface area contributed by atoms with Crippen molar-refractivity contribution in [1.29, 1.82) is 0 Å². The fraction of sp³-hybridized carbons (Fsp3) is 0.400. The van der Waals surface area contributed by atoms with Crippen molar-refractivity contribution in [2.45, 2.75) is 38.8 Å². The molecule has 1 aliphatic heterocycles. The van der Waals surface area contributed by atoms with Gasteiger partial charge in [0.25, 0.3) is 0 Å². The average Bonchev–Trinajstić information content (AvgIpc) is 3.23. The molecule has 2 heterocycles. The molecule has 0 radical (unpaired) electrons. The van der Waals surface area contributed by atoms with E-state index >= 15 is 0 Å². The molecule has 0 unspecified atom stereocenters. The third-order valence-corrected chi connectivity index (χ3v) is 6.47. The second-order valence-corrected chi connectivity index (χ2v) is 8.83. The summed E-state index contributed by atoms with van der Waals surface area (Å²) in [5, 5.41) is 7.20. The largest absolute Gasteiger partial charge is 0.497 e. The fourth-order valence-corrected chi connectivity index (χ4v) is 4.43. The van der Waals surface area contributed by atoms with Gasteiger partial charge in [-0.15, -0.1) is 0 Å². The second-order valence-electron chi connectivity index (χ2n) is 8.45. The topological polar surface area (TPSA) is 66.4 Å². The van der Waals surface area contributed by atoms with Crippen LogP contribution in [0.1, 0.15) is 31.2 Å². The van der Waals surface area contributed by atoms with Crippen LogP contribution in [0, 0.1) is 4.77 Å². The lowest BCUT2D eigenvalue weighted by molar-refractivity contribution is -0.130. The number of methoxy groups -OCH3 is 1. The van der Waals surface area contributed by atoms with Crippen molar-refractivity contribution in [3.8, 4) is 17.1 Å². The maximum absolute atomic E-state index is 12.8. The Balaban J connectivity index is 1.35. The minimum absolute atomic E-state index is 0.0684. The van der Waals surface area contributed by atoms with E-state index in [1.54, 1.807) is 12.0 Å². The van der Waals surface area contributed by atoms with Gasteiger partial charge in [0, 0.05) is 50.9 Å². The van der Waals surface area contributed by atoms with Crippen LogP contribution in [0.2, 0.25) is 0 Å². The van der Waals surface area contributed by atoms with Crippen molar-refractivity contribution in [2.75, 3.05) is 32.1 Å². The van der Waals surface area contributed by atoms with Crippen molar-refractivity contribution < 1.29 is 9.53 Å². The van der Waals surface area contributed by atoms with E-state index in [0.717, 1.165) is 30.0 Å². The minimum Gasteiger partial charge on any atom is -0.497 e. The Hall–Kier alpha value is -3.13. The fourth-order valence-electron chi connectivity index (χ4n) is 4.21. The number of amides is 1. The number of rotatable bonds is 8. The Kier molecular flexibility index (Phi) is 7.44. The monoisotopic (exact) mass is 465 g/mol. The highest BCUT2D eigenvalue weighted by Crippen LogP contribution is 2.22. The van der Waals surface area contributed by atoms with Crippen LogP contribution in [0.15, 0.2) is 48.5 Å². The zero-order valence-electron chi connectivity index (χ0n) is 19.3. The summed E-state index contributed by atoms with van der Waals surface area (Å²) in [4.78, 5) is 17.0. The summed E-state index contributed by atoms with van der Waals surface area (Å²) in [6, 6.07) is 16.2. The molecule has 1 saturated heterocycles. The molecule has 0 aliphatic carbocycles. The number of piperidine rings is 1. The lowest BCUT2D eigenvalue weighted by Gasteiger charge is -2.29. The Morgan fingerprint density at radius 2 is 1.79 bits per heavy atom. The summed E-state index contributed by atoms with van der Waals surface area (Å²) in [5.41, 5.74) is 3.32. The van der Waals surface area contributed by atoms with Crippen LogP contribution < -0.4 is 9.64 Å². The molecule has 174 valence electrons. The molecule has 1 aliphatic rings. The summed E-state index contributed by atoms with van der Waals surface area (Å²) in [5.74, 6) is 1.56. The van der Waals surface area contributed by atoms with Gasteiger partial charge in [0.15, 0.2) is 10.6 Å². The number of H-pyrrole nitrogens is 1. The number of aromatic nitrogens is 3. The van der Waals surface area contributed by atoms with E-state index in [-0.39, 0.29) is 5.91 Å². The lowest BCUT2D eigenvalue weighted by Crippen LogP contribution is -2.29. The molecule has 0 atom stereocenters. The number of nitrogens with zero attached hydrogens (tertiary/aromatic N) is 4. The zero-order chi connectivity index (χ0) is 23.2. The van der Waals surface area contributed by atoms with E-state index < -0.39 is 0 Å². The third kappa shape index (κ3) is 5.63. The van der Waals surface area contributed by atoms with Crippen molar-refractivity contribution >= 4 is 23.8 Å². The summed E-state index contributed by atoms with van der Waals surface area (Å²) in [6.45, 7) is 3.31. The molecular formula is C25H31N5O2S. The molecule has 2 aromatic carbocycles. The predicted octanol–water partition coefficient (Wildman–Crippen LogP) is 4.66. The highest BCUT2D eigenvalue weighted by atomic mass is 32.1. The first-order chi connectivity index (χ1) is 16.0. The standard InChI is InChI=1S/C25H31N5O2S/c1-28(18-19-6-10-21(11-7-19)29-15-4-3-5-16-29)23(31)14-17-30-24(26-27-25(30)33)20-8-12-22(32-2)13-9-20/h6-13H,3-5,14-18H2,1-2H3,(H,27,33). The highest BCUT2D eigenvalue weighted by molar-refractivity contribution is 7.71. The van der Waals surface area contributed by atoms with Crippen LogP contribution in [0.3, 0.4) is 0 Å². The number of aromatic amines is 1. The second kappa shape index (κ2) is 10.7. The van der Waals surface area contributed by atoms with Gasteiger partial charge in [-0.3, -0.25) is 14.5 Å². The van der Waals surface area contributed by atoms with E-state index in [2.05, 4.69) is 39.4 Å². The Bertz CT molecular complexity index is 1110. The van der Waals surface area contributed by atoms with Gasteiger partial charge in [0.2, 0.25) is 5.91 Å². The van der Waals surface area contributed by atoms with Crippen molar-refractivity contribution in [3.63, 3.8) is 0 Å². The van der Waals surface area contributed by atoms with E-state index in [1.807, 2.05) is 35.9 Å². The number of nitrogens with one attached hydrogen (secondary N) is 1. The minimum atomic E-state index is 0.0684. The molecule has 3 aromatic rings. The van der Waals surface area contributed by atoms with E-state index in [1.165, 1.54) is 24.9 Å². The maximum Gasteiger partial charge on any atom is 0.224 e. The van der Waals surface area contributed by atoms with Gasteiger partial charge < -0.3 is 14.5 Å². The first-order valence-electron chi connectivity index (χ1n) is 11.4. The first kappa shape index (κ1) is 23.0. The number of carbonyl (C=O) groups excluding carboxylic acids is 1. The van der Waals surface area contributed by atoms with Crippen LogP contribution in [0.4, 0.5) is 5.69 Å². The van der Waals surface area contributed by atoms with Gasteiger partial charge in [-0.25, -0.2) is 0 Å². The van der Waals surface area contributed by atoms with Crippen LogP contribution in [-0.2, 0) is 17.9 Å². The number of ether oxygens (including phenoxy) is 1. The van der Waals surface area contributed by atoms with Crippen molar-refractivity contribution in [3.05, 3.63) is 58.9 Å². The number of benzene rings is 2. The third-order valence-electron chi connectivity index (χ3n) is 6.16. The predicted molar refractivity (Wildman–Crippen MR) is 133 cm³/mol. The van der Waals surface area contributed by atoms with Crippen molar-refractivity contribution in [2.24, 2.45) is 0 Å². The quantitative estimate of drug-likeness (QED) is 0.491.